The van der Waals surface area contributed by atoms with Crippen LogP contribution in [0.25, 0.3) is 0 Å². The van der Waals surface area contributed by atoms with E-state index < -0.39 is 0 Å². The Morgan fingerprint density at radius 2 is 1.11 bits per heavy atom. The minimum atomic E-state index is -0.0994. The summed E-state index contributed by atoms with van der Waals surface area (Å²) in [6.07, 6.45) is 29.7. The molecule has 0 spiro atoms. The van der Waals surface area contributed by atoms with Gasteiger partial charge in [-0.05, 0) is 64.5 Å². The summed E-state index contributed by atoms with van der Waals surface area (Å²) < 4.78 is 16.9. The summed E-state index contributed by atoms with van der Waals surface area (Å²) in [5, 5.41) is 17.7. The van der Waals surface area contributed by atoms with Gasteiger partial charge >= 0.3 is 5.97 Å². The maximum Gasteiger partial charge on any atom is 0.305 e. The van der Waals surface area contributed by atoms with E-state index in [1.807, 2.05) is 0 Å². The van der Waals surface area contributed by atoms with Crippen molar-refractivity contribution in [1.82, 2.24) is 4.90 Å². The molecule has 46 heavy (non-hydrogen) atoms. The molecule has 0 heterocycles. The number of aliphatic hydroxyl groups excluding tert-OH is 1. The van der Waals surface area contributed by atoms with E-state index in [9.17, 15) is 9.90 Å². The molecular weight excluding hydrogens is 576 g/mol. The molecule has 0 aromatic rings. The Hall–Kier alpha value is -1.18. The molecule has 0 rings (SSSR count). The van der Waals surface area contributed by atoms with Gasteiger partial charge in [0.25, 0.3) is 0 Å². The molecule has 0 aliphatic rings. The monoisotopic (exact) mass is 655 g/mol. The third-order valence-electron chi connectivity index (χ3n) is 9.19. The first-order valence-electron chi connectivity index (χ1n) is 19.8. The maximum atomic E-state index is 12.1. The number of esters is 1. The highest BCUT2D eigenvalue weighted by Gasteiger charge is 2.12. The van der Waals surface area contributed by atoms with Crippen LogP contribution < -0.4 is 0 Å². The van der Waals surface area contributed by atoms with Crippen molar-refractivity contribution in [3.63, 3.8) is 0 Å². The van der Waals surface area contributed by atoms with Crippen LogP contribution in [0.3, 0.4) is 0 Å². The quantitative estimate of drug-likeness (QED) is 0.0302. The first-order chi connectivity index (χ1) is 22.5. The summed E-state index contributed by atoms with van der Waals surface area (Å²) in [7, 11) is 1.71. The average Bonchev–Trinajstić information content (AvgIpc) is 3.05. The highest BCUT2D eigenvalue weighted by atomic mass is 16.6. The van der Waals surface area contributed by atoms with Gasteiger partial charge in [0.2, 0.25) is 0 Å². The van der Waals surface area contributed by atoms with Crippen molar-refractivity contribution >= 4 is 11.9 Å². The van der Waals surface area contributed by atoms with E-state index in [2.05, 4.69) is 25.7 Å². The van der Waals surface area contributed by atoms with Crippen LogP contribution >= 0.6 is 0 Å². The number of nitrogens with one attached hydrogen (secondary N) is 1. The normalized spacial score (nSPS) is 12.8. The topological polar surface area (TPSA) is 92.1 Å². The Morgan fingerprint density at radius 1 is 0.630 bits per heavy atom. The molecule has 0 aromatic carbocycles. The summed E-state index contributed by atoms with van der Waals surface area (Å²) >= 11 is 0. The summed E-state index contributed by atoms with van der Waals surface area (Å²) in [4.78, 5) is 14.5. The van der Waals surface area contributed by atoms with Gasteiger partial charge in [-0.3, -0.25) is 10.2 Å². The van der Waals surface area contributed by atoms with Crippen LogP contribution in [0.5, 0.6) is 0 Å². The second kappa shape index (κ2) is 35.1. The fourth-order valence-corrected chi connectivity index (χ4v) is 6.02. The molecule has 0 aromatic heterocycles. The van der Waals surface area contributed by atoms with E-state index in [-0.39, 0.29) is 24.8 Å². The minimum absolute atomic E-state index is 0.0195. The van der Waals surface area contributed by atoms with Gasteiger partial charge in [0, 0.05) is 26.5 Å². The molecule has 2 atom stereocenters. The number of nitrogens with zero attached hydrogens (tertiary/aromatic N) is 1. The van der Waals surface area contributed by atoms with E-state index >= 15 is 0 Å². The predicted molar refractivity (Wildman–Crippen MR) is 195 cm³/mol. The standard InChI is InChI=1S/C39H78N2O5/c1-5-8-10-12-16-21-27-36(7-3)46-38(40)29-23-17-13-19-25-31-41(33-34-42)32-26-20-14-18-24-30-39(43)45-35-37(44-4)28-22-15-11-9-6-2/h36-37,40,42H,5-35H2,1-4H3. The number of carbonyl (C=O) groups excluding carboxylic acids is 1. The molecule has 0 aliphatic carbocycles. The second-order valence-electron chi connectivity index (χ2n) is 13.5. The Morgan fingerprint density at radius 3 is 1.63 bits per heavy atom. The van der Waals surface area contributed by atoms with Gasteiger partial charge in [-0.15, -0.1) is 0 Å². The average molecular weight is 655 g/mol. The molecule has 0 aliphatic heterocycles. The van der Waals surface area contributed by atoms with Crippen LogP contribution in [0.15, 0.2) is 0 Å². The minimum Gasteiger partial charge on any atom is -0.478 e. The summed E-state index contributed by atoms with van der Waals surface area (Å²) in [5.74, 6) is 0.378. The number of unbranched alkanes of at least 4 members (excludes halogenated alkanes) is 17. The number of hydrogen-bond acceptors (Lipinski definition) is 7. The van der Waals surface area contributed by atoms with E-state index in [1.165, 1.54) is 77.0 Å². The number of aliphatic hydroxyl groups is 1. The third kappa shape index (κ3) is 30.2. The van der Waals surface area contributed by atoms with Gasteiger partial charge in [-0.2, -0.15) is 0 Å². The van der Waals surface area contributed by atoms with Crippen LogP contribution in [0.1, 0.15) is 188 Å². The largest absolute Gasteiger partial charge is 0.478 e. The number of carbonyl (C=O) groups is 1. The molecule has 2 unspecified atom stereocenters. The molecule has 0 radical (unpaired) electrons. The maximum absolute atomic E-state index is 12.1. The zero-order valence-electron chi connectivity index (χ0n) is 31.1. The van der Waals surface area contributed by atoms with Gasteiger partial charge in [-0.1, -0.05) is 124 Å². The van der Waals surface area contributed by atoms with Crippen molar-refractivity contribution < 1.29 is 24.1 Å². The van der Waals surface area contributed by atoms with Crippen LogP contribution in [-0.2, 0) is 19.0 Å². The lowest BCUT2D eigenvalue weighted by Crippen LogP contribution is -2.29. The van der Waals surface area contributed by atoms with Crippen molar-refractivity contribution in [2.75, 3.05) is 40.0 Å². The van der Waals surface area contributed by atoms with Crippen molar-refractivity contribution in [3.05, 3.63) is 0 Å². The predicted octanol–water partition coefficient (Wildman–Crippen LogP) is 10.4. The first-order valence-corrected chi connectivity index (χ1v) is 19.8. The van der Waals surface area contributed by atoms with Crippen LogP contribution in [0, 0.1) is 5.41 Å². The second-order valence-corrected chi connectivity index (χ2v) is 13.5. The van der Waals surface area contributed by atoms with E-state index in [4.69, 9.17) is 19.6 Å². The lowest BCUT2D eigenvalue weighted by Gasteiger charge is -2.21. The molecule has 0 fully saturated rings. The fourth-order valence-electron chi connectivity index (χ4n) is 6.02. The lowest BCUT2D eigenvalue weighted by atomic mass is 10.1. The van der Waals surface area contributed by atoms with E-state index in [0.29, 0.717) is 18.9 Å². The number of ether oxygens (including phenoxy) is 3. The van der Waals surface area contributed by atoms with Crippen LogP contribution in [-0.4, -0.2) is 74.0 Å². The first kappa shape index (κ1) is 44.8. The molecule has 7 heteroatoms. The Balaban J connectivity index is 3.79. The Labute approximate surface area is 285 Å². The van der Waals surface area contributed by atoms with Crippen LogP contribution in [0.2, 0.25) is 0 Å². The smallest absolute Gasteiger partial charge is 0.305 e. The highest BCUT2D eigenvalue weighted by Crippen LogP contribution is 2.15. The van der Waals surface area contributed by atoms with Crippen molar-refractivity contribution in [3.8, 4) is 0 Å². The molecule has 2 N–H and O–H groups in total. The van der Waals surface area contributed by atoms with Gasteiger partial charge in [0.05, 0.1) is 18.8 Å². The number of methoxy groups -OCH3 is 1. The number of rotatable bonds is 36. The molecular formula is C39H78N2O5. The zero-order chi connectivity index (χ0) is 33.9. The highest BCUT2D eigenvalue weighted by molar-refractivity contribution is 5.72. The van der Waals surface area contributed by atoms with Crippen molar-refractivity contribution in [2.45, 2.75) is 200 Å². The molecule has 0 amide bonds. The fraction of sp³-hybridized carbons (Fsp3) is 0.949. The third-order valence-corrected chi connectivity index (χ3v) is 9.19. The van der Waals surface area contributed by atoms with E-state index in [0.717, 1.165) is 103 Å². The van der Waals surface area contributed by atoms with Crippen molar-refractivity contribution in [2.24, 2.45) is 0 Å². The zero-order valence-corrected chi connectivity index (χ0v) is 31.1. The molecule has 0 bridgehead atoms. The van der Waals surface area contributed by atoms with Crippen LogP contribution in [0.4, 0.5) is 0 Å². The van der Waals surface area contributed by atoms with Gasteiger partial charge in [0.1, 0.15) is 6.61 Å². The van der Waals surface area contributed by atoms with Gasteiger partial charge in [-0.25, -0.2) is 0 Å². The van der Waals surface area contributed by atoms with Gasteiger partial charge < -0.3 is 24.2 Å². The Bertz CT molecular complexity index is 662. The molecule has 274 valence electrons. The molecule has 7 nitrogen and oxygen atoms in total. The lowest BCUT2D eigenvalue weighted by molar-refractivity contribution is -0.147. The van der Waals surface area contributed by atoms with Crippen molar-refractivity contribution in [1.29, 1.82) is 5.41 Å². The van der Waals surface area contributed by atoms with E-state index in [1.54, 1.807) is 7.11 Å². The Kier molecular flexibility index (Phi) is 34.2. The summed E-state index contributed by atoms with van der Waals surface area (Å²) in [5.41, 5.74) is 0. The summed E-state index contributed by atoms with van der Waals surface area (Å²) in [6.45, 7) is 10.1. The summed E-state index contributed by atoms with van der Waals surface area (Å²) in [6, 6.07) is 0. The molecule has 0 saturated heterocycles. The van der Waals surface area contributed by atoms with Gasteiger partial charge in [0.15, 0.2) is 5.90 Å². The SMILES string of the molecule is CCCCCCCCC(CC)OC(=N)CCCCCCCN(CCO)CCCCCCCC(=O)OCC(CCCCCCC)OC. The number of hydrogen-bond donors (Lipinski definition) is 2. The molecule has 0 saturated carbocycles.